The first-order chi connectivity index (χ1) is 10.9. The normalized spacial score (nSPS) is 11.8. The SMILES string of the molecule is [B]1N=Cc2c1cccc2Oc1ccc(-c2ccccc2)cc1. The van der Waals surface area contributed by atoms with Crippen LogP contribution in [0.1, 0.15) is 5.56 Å². The van der Waals surface area contributed by atoms with Crippen LogP contribution in [0.25, 0.3) is 11.1 Å². The summed E-state index contributed by atoms with van der Waals surface area (Å²) in [4.78, 5) is 4.18. The van der Waals surface area contributed by atoms with Gasteiger partial charge in [0.15, 0.2) is 0 Å². The lowest BCUT2D eigenvalue weighted by atomic mass is 9.84. The molecule has 103 valence electrons. The van der Waals surface area contributed by atoms with Crippen LogP contribution in [0, 0.1) is 0 Å². The van der Waals surface area contributed by atoms with Gasteiger partial charge in [0.25, 0.3) is 0 Å². The first-order valence-electron chi connectivity index (χ1n) is 7.23. The molecular formula is C19H13BNO. The van der Waals surface area contributed by atoms with E-state index in [0.717, 1.165) is 22.5 Å². The average Bonchev–Trinajstić information content (AvgIpc) is 3.06. The number of benzene rings is 3. The topological polar surface area (TPSA) is 21.6 Å². The molecule has 0 atom stereocenters. The molecule has 0 saturated carbocycles. The summed E-state index contributed by atoms with van der Waals surface area (Å²) in [7, 11) is 1.85. The van der Waals surface area contributed by atoms with Gasteiger partial charge in [-0.3, -0.25) is 0 Å². The van der Waals surface area contributed by atoms with Gasteiger partial charge in [-0.1, -0.05) is 54.6 Å². The van der Waals surface area contributed by atoms with Gasteiger partial charge in [0.1, 0.15) is 11.5 Å². The lowest BCUT2D eigenvalue weighted by Gasteiger charge is -2.10. The van der Waals surface area contributed by atoms with Crippen LogP contribution in [0.15, 0.2) is 77.7 Å². The van der Waals surface area contributed by atoms with Gasteiger partial charge in [-0.2, -0.15) is 0 Å². The molecule has 0 aliphatic carbocycles. The van der Waals surface area contributed by atoms with Gasteiger partial charge in [0.2, 0.25) is 0 Å². The molecule has 0 bridgehead atoms. The second kappa shape index (κ2) is 5.53. The molecule has 3 aromatic rings. The summed E-state index contributed by atoms with van der Waals surface area (Å²) in [6.45, 7) is 0. The van der Waals surface area contributed by atoms with Crippen LogP contribution in [-0.4, -0.2) is 13.6 Å². The van der Waals surface area contributed by atoms with Crippen LogP contribution in [0.2, 0.25) is 0 Å². The highest BCUT2D eigenvalue weighted by Gasteiger charge is 2.13. The predicted octanol–water partition coefficient (Wildman–Crippen LogP) is 3.82. The van der Waals surface area contributed by atoms with Crippen LogP contribution in [0.5, 0.6) is 11.5 Å². The van der Waals surface area contributed by atoms with Crippen molar-refractivity contribution in [1.29, 1.82) is 0 Å². The molecule has 1 aliphatic rings. The molecule has 4 rings (SSSR count). The van der Waals surface area contributed by atoms with Gasteiger partial charge in [-0.25, -0.2) is 0 Å². The first kappa shape index (κ1) is 12.9. The van der Waals surface area contributed by atoms with E-state index in [1.54, 1.807) is 0 Å². The maximum absolute atomic E-state index is 6.00. The highest BCUT2D eigenvalue weighted by Crippen LogP contribution is 2.27. The molecule has 0 spiro atoms. The van der Waals surface area contributed by atoms with E-state index in [9.17, 15) is 0 Å². The number of fused-ring (bicyclic) bond motifs is 1. The summed E-state index contributed by atoms with van der Waals surface area (Å²) >= 11 is 0. The van der Waals surface area contributed by atoms with Crippen LogP contribution < -0.4 is 10.2 Å². The van der Waals surface area contributed by atoms with E-state index in [0.29, 0.717) is 0 Å². The predicted molar refractivity (Wildman–Crippen MR) is 91.4 cm³/mol. The summed E-state index contributed by atoms with van der Waals surface area (Å²) in [6.07, 6.45) is 1.84. The van der Waals surface area contributed by atoms with Gasteiger partial charge >= 0.3 is 7.41 Å². The molecule has 0 saturated heterocycles. The second-order valence-electron chi connectivity index (χ2n) is 5.16. The molecule has 1 heterocycles. The Balaban J connectivity index is 1.60. The fraction of sp³-hybridized carbons (Fsp3) is 0. The molecule has 0 N–H and O–H groups in total. The summed E-state index contributed by atoms with van der Waals surface area (Å²) < 4.78 is 6.00. The molecule has 1 radical (unpaired) electrons. The smallest absolute Gasteiger partial charge is 0.312 e. The minimum absolute atomic E-state index is 0.827. The Morgan fingerprint density at radius 2 is 1.50 bits per heavy atom. The minimum Gasteiger partial charge on any atom is -0.457 e. The Labute approximate surface area is 130 Å². The number of hydrogen-bond acceptors (Lipinski definition) is 2. The molecule has 22 heavy (non-hydrogen) atoms. The summed E-state index contributed by atoms with van der Waals surface area (Å²) in [5.41, 5.74) is 4.52. The standard InChI is InChI=1S/C19H13BNO/c1-2-5-14(6-3-1)15-9-11-16(12-10-15)22-19-8-4-7-18-17(19)13-21-20-18/h1-13H. The quantitative estimate of drug-likeness (QED) is 0.669. The maximum atomic E-state index is 6.00. The van der Waals surface area contributed by atoms with Crippen LogP contribution in [-0.2, 0) is 0 Å². The first-order valence-corrected chi connectivity index (χ1v) is 7.23. The Morgan fingerprint density at radius 1 is 0.727 bits per heavy atom. The Kier molecular flexibility index (Phi) is 3.24. The highest BCUT2D eigenvalue weighted by molar-refractivity contribution is 6.58. The minimum atomic E-state index is 0.827. The molecule has 1 aliphatic heterocycles. The molecule has 0 amide bonds. The Bertz CT molecular complexity index is 826. The van der Waals surface area contributed by atoms with E-state index < -0.39 is 0 Å². The van der Waals surface area contributed by atoms with E-state index in [-0.39, 0.29) is 0 Å². The van der Waals surface area contributed by atoms with Crippen LogP contribution in [0.4, 0.5) is 0 Å². The van der Waals surface area contributed by atoms with Crippen LogP contribution >= 0.6 is 0 Å². The molecule has 3 heteroatoms. The van der Waals surface area contributed by atoms with Gasteiger partial charge in [0, 0.05) is 11.8 Å². The summed E-state index contributed by atoms with van der Waals surface area (Å²) in [6, 6.07) is 24.5. The number of nitrogens with zero attached hydrogens (tertiary/aromatic N) is 1. The van der Waals surface area contributed by atoms with Crippen molar-refractivity contribution in [3.05, 3.63) is 78.4 Å². The largest absolute Gasteiger partial charge is 0.457 e. The molecular weight excluding hydrogens is 269 g/mol. The lowest BCUT2D eigenvalue weighted by molar-refractivity contribution is 0.482. The number of ether oxygens (including phenoxy) is 1. The Morgan fingerprint density at radius 3 is 2.32 bits per heavy atom. The summed E-state index contributed by atoms with van der Waals surface area (Å²) in [5, 5.41) is 0. The fourth-order valence-corrected chi connectivity index (χ4v) is 2.57. The Hall–Kier alpha value is -2.81. The van der Waals surface area contributed by atoms with E-state index in [1.165, 1.54) is 11.1 Å². The zero-order valence-corrected chi connectivity index (χ0v) is 11.9. The lowest BCUT2D eigenvalue weighted by Crippen LogP contribution is -2.11. The van der Waals surface area contributed by atoms with Crippen molar-refractivity contribution in [2.75, 3.05) is 0 Å². The van der Waals surface area contributed by atoms with Gasteiger partial charge in [-0.05, 0) is 34.8 Å². The average molecular weight is 282 g/mol. The van der Waals surface area contributed by atoms with Crippen molar-refractivity contribution < 1.29 is 4.74 Å². The highest BCUT2D eigenvalue weighted by atomic mass is 16.5. The van der Waals surface area contributed by atoms with E-state index in [4.69, 9.17) is 4.74 Å². The molecule has 0 aromatic heterocycles. The molecule has 0 fully saturated rings. The monoisotopic (exact) mass is 282 g/mol. The van der Waals surface area contributed by atoms with E-state index in [2.05, 4.69) is 29.2 Å². The third kappa shape index (κ3) is 2.42. The molecule has 2 nitrogen and oxygen atoms in total. The van der Waals surface area contributed by atoms with Crippen molar-refractivity contribution >= 4 is 19.1 Å². The van der Waals surface area contributed by atoms with Crippen molar-refractivity contribution in [2.24, 2.45) is 4.90 Å². The van der Waals surface area contributed by atoms with Crippen molar-refractivity contribution in [3.8, 4) is 22.6 Å². The zero-order valence-electron chi connectivity index (χ0n) is 11.9. The maximum Gasteiger partial charge on any atom is 0.312 e. The van der Waals surface area contributed by atoms with Crippen molar-refractivity contribution in [2.45, 2.75) is 0 Å². The molecule has 0 unspecified atom stereocenters. The van der Waals surface area contributed by atoms with Gasteiger partial charge < -0.3 is 9.64 Å². The third-order valence-corrected chi connectivity index (χ3v) is 3.71. The van der Waals surface area contributed by atoms with Crippen molar-refractivity contribution in [1.82, 2.24) is 0 Å². The number of hydrogen-bond donors (Lipinski definition) is 0. The molecule has 3 aromatic carbocycles. The number of rotatable bonds is 3. The zero-order chi connectivity index (χ0) is 14.8. The van der Waals surface area contributed by atoms with Gasteiger partial charge in [-0.15, -0.1) is 0 Å². The van der Waals surface area contributed by atoms with Crippen LogP contribution in [0.3, 0.4) is 0 Å². The van der Waals surface area contributed by atoms with E-state index in [1.807, 2.05) is 62.2 Å². The van der Waals surface area contributed by atoms with Crippen molar-refractivity contribution in [3.63, 3.8) is 0 Å². The van der Waals surface area contributed by atoms with Gasteiger partial charge in [0.05, 0.1) is 0 Å². The second-order valence-corrected chi connectivity index (χ2v) is 5.16. The third-order valence-electron chi connectivity index (χ3n) is 3.71. The fourth-order valence-electron chi connectivity index (χ4n) is 2.57. The summed E-state index contributed by atoms with van der Waals surface area (Å²) in [5.74, 6) is 1.66. The van der Waals surface area contributed by atoms with E-state index >= 15 is 0 Å².